The van der Waals surface area contributed by atoms with Crippen LogP contribution in [0, 0.1) is 10.1 Å². The van der Waals surface area contributed by atoms with E-state index in [1.165, 1.54) is 12.1 Å². The molecule has 0 N–H and O–H groups in total. The SMILES string of the molecule is [B]c1cccc([N+](=O)[O-])c1. The van der Waals surface area contributed by atoms with Crippen molar-refractivity contribution in [3.05, 3.63) is 34.4 Å². The van der Waals surface area contributed by atoms with Crippen molar-refractivity contribution < 1.29 is 4.92 Å². The third kappa shape index (κ3) is 1.34. The van der Waals surface area contributed by atoms with Gasteiger partial charge in [-0.2, -0.15) is 0 Å². The van der Waals surface area contributed by atoms with E-state index in [0.717, 1.165) is 0 Å². The highest BCUT2D eigenvalue weighted by atomic mass is 16.6. The lowest BCUT2D eigenvalue weighted by atomic mass is 9.96. The fourth-order valence-electron chi connectivity index (χ4n) is 0.638. The van der Waals surface area contributed by atoms with Crippen LogP contribution in [0.3, 0.4) is 0 Å². The van der Waals surface area contributed by atoms with Gasteiger partial charge in [-0.15, -0.1) is 0 Å². The normalized spacial score (nSPS) is 9.20. The summed E-state index contributed by atoms with van der Waals surface area (Å²) in [5.41, 5.74) is 0.439. The standard InChI is InChI=1S/C6H4BNO2/c7-5-2-1-3-6(4-5)8(9)10/h1-4H. The Labute approximate surface area is 59.2 Å². The summed E-state index contributed by atoms with van der Waals surface area (Å²) in [5.74, 6) is 0. The molecule has 3 nitrogen and oxygen atoms in total. The smallest absolute Gasteiger partial charge is 0.258 e. The molecule has 1 aromatic carbocycles. The Morgan fingerprint density at radius 2 is 2.20 bits per heavy atom. The van der Waals surface area contributed by atoms with Crippen LogP contribution in [0.25, 0.3) is 0 Å². The average Bonchev–Trinajstić information content (AvgIpc) is 1.88. The molecule has 0 saturated heterocycles. The first-order valence-corrected chi connectivity index (χ1v) is 2.70. The molecule has 0 saturated carbocycles. The lowest BCUT2D eigenvalue weighted by Crippen LogP contribution is -2.01. The molecular formula is C6H4BNO2. The summed E-state index contributed by atoms with van der Waals surface area (Å²) in [5, 5.41) is 10.1. The highest BCUT2D eigenvalue weighted by molar-refractivity contribution is 6.32. The molecule has 1 aromatic rings. The fourth-order valence-corrected chi connectivity index (χ4v) is 0.638. The first kappa shape index (κ1) is 6.80. The third-order valence-corrected chi connectivity index (χ3v) is 1.08. The Kier molecular flexibility index (Phi) is 1.71. The van der Waals surface area contributed by atoms with Crippen molar-refractivity contribution in [1.82, 2.24) is 0 Å². The van der Waals surface area contributed by atoms with E-state index in [-0.39, 0.29) is 5.69 Å². The van der Waals surface area contributed by atoms with E-state index in [2.05, 4.69) is 0 Å². The molecule has 0 aromatic heterocycles. The molecule has 0 aliphatic rings. The van der Waals surface area contributed by atoms with Crippen molar-refractivity contribution in [1.29, 1.82) is 0 Å². The maximum atomic E-state index is 10.1. The summed E-state index contributed by atoms with van der Waals surface area (Å²) < 4.78 is 0. The molecule has 0 atom stereocenters. The number of nitro groups is 1. The number of hydrogen-bond donors (Lipinski definition) is 0. The zero-order valence-corrected chi connectivity index (χ0v) is 5.15. The van der Waals surface area contributed by atoms with Crippen molar-refractivity contribution in [3.63, 3.8) is 0 Å². The minimum Gasteiger partial charge on any atom is -0.258 e. The van der Waals surface area contributed by atoms with Gasteiger partial charge in [0.2, 0.25) is 0 Å². The highest BCUT2D eigenvalue weighted by Gasteiger charge is 2.01. The van der Waals surface area contributed by atoms with Gasteiger partial charge in [0, 0.05) is 12.1 Å². The Morgan fingerprint density at radius 3 is 2.60 bits per heavy atom. The van der Waals surface area contributed by atoms with E-state index in [4.69, 9.17) is 7.85 Å². The van der Waals surface area contributed by atoms with E-state index in [1.54, 1.807) is 12.1 Å². The summed E-state index contributed by atoms with van der Waals surface area (Å²) in [6, 6.07) is 5.87. The second-order valence-electron chi connectivity index (χ2n) is 1.85. The van der Waals surface area contributed by atoms with Crippen LogP contribution in [-0.2, 0) is 0 Å². The Morgan fingerprint density at radius 1 is 1.50 bits per heavy atom. The van der Waals surface area contributed by atoms with E-state index in [0.29, 0.717) is 5.46 Å². The molecule has 0 aliphatic heterocycles. The van der Waals surface area contributed by atoms with Crippen LogP contribution in [0.5, 0.6) is 0 Å². The summed E-state index contributed by atoms with van der Waals surface area (Å²) in [4.78, 5) is 9.63. The summed E-state index contributed by atoms with van der Waals surface area (Å²) >= 11 is 0. The van der Waals surface area contributed by atoms with Gasteiger partial charge < -0.3 is 0 Å². The summed E-state index contributed by atoms with van der Waals surface area (Å²) in [7, 11) is 5.29. The monoisotopic (exact) mass is 133 g/mol. The van der Waals surface area contributed by atoms with Crippen LogP contribution in [0.2, 0.25) is 0 Å². The van der Waals surface area contributed by atoms with Crippen LogP contribution in [0.15, 0.2) is 24.3 Å². The van der Waals surface area contributed by atoms with Crippen molar-refractivity contribution in [2.24, 2.45) is 0 Å². The van der Waals surface area contributed by atoms with E-state index < -0.39 is 4.92 Å². The maximum Gasteiger partial charge on any atom is 0.268 e. The molecule has 1 rings (SSSR count). The summed E-state index contributed by atoms with van der Waals surface area (Å²) in [6.45, 7) is 0. The van der Waals surface area contributed by atoms with Crippen molar-refractivity contribution >= 4 is 19.0 Å². The second-order valence-corrected chi connectivity index (χ2v) is 1.85. The fraction of sp³-hybridized carbons (Fsp3) is 0. The predicted molar refractivity (Wildman–Crippen MR) is 38.5 cm³/mol. The van der Waals surface area contributed by atoms with E-state index in [9.17, 15) is 10.1 Å². The molecule has 10 heavy (non-hydrogen) atoms. The van der Waals surface area contributed by atoms with Gasteiger partial charge in [0.15, 0.2) is 0 Å². The zero-order valence-electron chi connectivity index (χ0n) is 5.15. The van der Waals surface area contributed by atoms with Gasteiger partial charge in [-0.25, -0.2) is 0 Å². The number of non-ortho nitro benzene ring substituents is 1. The van der Waals surface area contributed by atoms with Crippen molar-refractivity contribution in [2.75, 3.05) is 0 Å². The van der Waals surface area contributed by atoms with Gasteiger partial charge in [-0.05, 0) is 0 Å². The van der Waals surface area contributed by atoms with Crippen LogP contribution in [-0.4, -0.2) is 12.8 Å². The van der Waals surface area contributed by atoms with Crippen molar-refractivity contribution in [3.8, 4) is 0 Å². The van der Waals surface area contributed by atoms with Gasteiger partial charge in [0.1, 0.15) is 7.85 Å². The molecule has 0 spiro atoms. The van der Waals surface area contributed by atoms with Gasteiger partial charge in [0.05, 0.1) is 4.92 Å². The molecular weight excluding hydrogens is 129 g/mol. The molecule has 0 unspecified atom stereocenters. The number of rotatable bonds is 1. The minimum absolute atomic E-state index is 0.0278. The summed E-state index contributed by atoms with van der Waals surface area (Å²) in [6.07, 6.45) is 0. The molecule has 0 bridgehead atoms. The number of hydrogen-bond acceptors (Lipinski definition) is 2. The highest BCUT2D eigenvalue weighted by Crippen LogP contribution is 2.05. The second kappa shape index (κ2) is 2.52. The topological polar surface area (TPSA) is 43.1 Å². The molecule has 0 fully saturated rings. The van der Waals surface area contributed by atoms with Gasteiger partial charge in [-0.3, -0.25) is 10.1 Å². The molecule has 0 heterocycles. The van der Waals surface area contributed by atoms with Crippen LogP contribution in [0.4, 0.5) is 5.69 Å². The van der Waals surface area contributed by atoms with E-state index in [1.807, 2.05) is 0 Å². The largest absolute Gasteiger partial charge is 0.268 e. The molecule has 4 heteroatoms. The van der Waals surface area contributed by atoms with Crippen LogP contribution in [0.1, 0.15) is 0 Å². The predicted octanol–water partition coefficient (Wildman–Crippen LogP) is 0.389. The van der Waals surface area contributed by atoms with Gasteiger partial charge in [-0.1, -0.05) is 17.6 Å². The molecule has 48 valence electrons. The zero-order chi connectivity index (χ0) is 7.56. The van der Waals surface area contributed by atoms with Gasteiger partial charge >= 0.3 is 0 Å². The molecule has 2 radical (unpaired) electrons. The molecule has 0 aliphatic carbocycles. The number of nitrogens with zero attached hydrogens (tertiary/aromatic N) is 1. The lowest BCUT2D eigenvalue weighted by Gasteiger charge is -1.90. The first-order valence-electron chi connectivity index (χ1n) is 2.70. The van der Waals surface area contributed by atoms with E-state index >= 15 is 0 Å². The Balaban J connectivity index is 3.07. The average molecular weight is 133 g/mol. The third-order valence-electron chi connectivity index (χ3n) is 1.08. The van der Waals surface area contributed by atoms with Crippen molar-refractivity contribution in [2.45, 2.75) is 0 Å². The Bertz CT molecular complexity index is 262. The number of nitro benzene ring substituents is 1. The lowest BCUT2D eigenvalue weighted by molar-refractivity contribution is -0.384. The van der Waals surface area contributed by atoms with Gasteiger partial charge in [0.25, 0.3) is 5.69 Å². The molecule has 0 amide bonds. The quantitative estimate of drug-likeness (QED) is 0.316. The first-order chi connectivity index (χ1) is 4.70. The van der Waals surface area contributed by atoms with Crippen LogP contribution < -0.4 is 5.46 Å². The van der Waals surface area contributed by atoms with Crippen LogP contribution >= 0.6 is 0 Å². The minimum atomic E-state index is -0.476. The maximum absolute atomic E-state index is 10.1. The number of benzene rings is 1. The Hall–Kier alpha value is -1.32.